The van der Waals surface area contributed by atoms with Gasteiger partial charge in [0.05, 0.1) is 6.04 Å². The van der Waals surface area contributed by atoms with Gasteiger partial charge in [-0.2, -0.15) is 0 Å². The number of carbonyl (C=O) groups is 1. The summed E-state index contributed by atoms with van der Waals surface area (Å²) in [5.41, 5.74) is 1.95. The molecular formula is C12H15BrN2O. The topological polar surface area (TPSA) is 41.1 Å². The van der Waals surface area contributed by atoms with Gasteiger partial charge in [-0.25, -0.2) is 0 Å². The number of amides is 1. The summed E-state index contributed by atoms with van der Waals surface area (Å²) >= 11 is 3.45. The van der Waals surface area contributed by atoms with Crippen molar-refractivity contribution >= 4 is 27.5 Å². The molecule has 1 heterocycles. The average Bonchev–Trinajstić information content (AvgIpc) is 2.78. The third-order valence-electron chi connectivity index (χ3n) is 2.90. The van der Waals surface area contributed by atoms with Gasteiger partial charge < -0.3 is 10.6 Å². The summed E-state index contributed by atoms with van der Waals surface area (Å²) in [5.74, 6) is 0.0682. The van der Waals surface area contributed by atoms with Gasteiger partial charge in [-0.1, -0.05) is 22.0 Å². The first-order chi connectivity index (χ1) is 7.68. The molecule has 1 aromatic rings. The van der Waals surface area contributed by atoms with Crippen molar-refractivity contribution in [3.63, 3.8) is 0 Å². The highest BCUT2D eigenvalue weighted by molar-refractivity contribution is 9.10. The van der Waals surface area contributed by atoms with E-state index in [1.54, 1.807) is 0 Å². The van der Waals surface area contributed by atoms with Gasteiger partial charge in [-0.05, 0) is 44.0 Å². The van der Waals surface area contributed by atoms with Crippen molar-refractivity contribution < 1.29 is 4.79 Å². The predicted molar refractivity (Wildman–Crippen MR) is 68.5 cm³/mol. The Bertz CT molecular complexity index is 400. The standard InChI is InChI=1S/C12H15BrN2O/c1-8-9(13)4-2-5-10(8)15-12(16)11-6-3-7-14-11/h2,4-5,11,14H,3,6-7H2,1H3,(H,15,16). The number of benzene rings is 1. The molecule has 1 atom stereocenters. The maximum absolute atomic E-state index is 11.9. The third-order valence-corrected chi connectivity index (χ3v) is 3.76. The Labute approximate surface area is 104 Å². The molecule has 0 aliphatic carbocycles. The molecule has 86 valence electrons. The lowest BCUT2D eigenvalue weighted by Gasteiger charge is -2.13. The quantitative estimate of drug-likeness (QED) is 0.875. The molecule has 16 heavy (non-hydrogen) atoms. The van der Waals surface area contributed by atoms with Crippen molar-refractivity contribution in [3.05, 3.63) is 28.2 Å². The van der Waals surface area contributed by atoms with Crippen LogP contribution in [0.2, 0.25) is 0 Å². The molecule has 1 saturated heterocycles. The summed E-state index contributed by atoms with van der Waals surface area (Å²) < 4.78 is 1.02. The maximum atomic E-state index is 11.9. The summed E-state index contributed by atoms with van der Waals surface area (Å²) in [6.45, 7) is 2.93. The van der Waals surface area contributed by atoms with E-state index in [-0.39, 0.29) is 11.9 Å². The van der Waals surface area contributed by atoms with Crippen LogP contribution in [0, 0.1) is 6.92 Å². The number of nitrogens with one attached hydrogen (secondary N) is 2. The molecular weight excluding hydrogens is 268 g/mol. The van der Waals surface area contributed by atoms with Crippen LogP contribution in [0.5, 0.6) is 0 Å². The SMILES string of the molecule is Cc1c(Br)cccc1NC(=O)C1CCCN1. The van der Waals surface area contributed by atoms with Crippen LogP contribution in [-0.4, -0.2) is 18.5 Å². The molecule has 0 saturated carbocycles. The Morgan fingerprint density at radius 1 is 1.56 bits per heavy atom. The molecule has 0 bridgehead atoms. The lowest BCUT2D eigenvalue weighted by molar-refractivity contribution is -0.117. The molecule has 3 nitrogen and oxygen atoms in total. The number of anilines is 1. The minimum Gasteiger partial charge on any atom is -0.324 e. The van der Waals surface area contributed by atoms with Gasteiger partial charge >= 0.3 is 0 Å². The van der Waals surface area contributed by atoms with E-state index in [9.17, 15) is 4.79 Å². The van der Waals surface area contributed by atoms with Crippen molar-refractivity contribution in [1.82, 2.24) is 5.32 Å². The fraction of sp³-hybridized carbons (Fsp3) is 0.417. The summed E-state index contributed by atoms with van der Waals surface area (Å²) in [6, 6.07) is 5.79. The van der Waals surface area contributed by atoms with Gasteiger partial charge in [0.15, 0.2) is 0 Å². The molecule has 0 aromatic heterocycles. The van der Waals surface area contributed by atoms with Crippen LogP contribution >= 0.6 is 15.9 Å². The zero-order valence-electron chi connectivity index (χ0n) is 9.22. The van der Waals surface area contributed by atoms with E-state index in [4.69, 9.17) is 0 Å². The predicted octanol–water partition coefficient (Wildman–Crippen LogP) is 2.45. The summed E-state index contributed by atoms with van der Waals surface area (Å²) in [6.07, 6.45) is 2.01. The molecule has 1 aliphatic heterocycles. The first kappa shape index (κ1) is 11.6. The van der Waals surface area contributed by atoms with Gasteiger partial charge in [-0.15, -0.1) is 0 Å². The number of rotatable bonds is 2. The van der Waals surface area contributed by atoms with Crippen LogP contribution in [0.1, 0.15) is 18.4 Å². The van der Waals surface area contributed by atoms with Crippen molar-refractivity contribution in [2.24, 2.45) is 0 Å². The first-order valence-corrected chi connectivity index (χ1v) is 6.27. The average molecular weight is 283 g/mol. The lowest BCUT2D eigenvalue weighted by Crippen LogP contribution is -2.35. The second-order valence-electron chi connectivity index (χ2n) is 4.05. The maximum Gasteiger partial charge on any atom is 0.241 e. The van der Waals surface area contributed by atoms with Crippen LogP contribution < -0.4 is 10.6 Å². The number of hydrogen-bond acceptors (Lipinski definition) is 2. The summed E-state index contributed by atoms with van der Waals surface area (Å²) in [4.78, 5) is 11.9. The first-order valence-electron chi connectivity index (χ1n) is 5.48. The molecule has 0 radical (unpaired) electrons. The molecule has 4 heteroatoms. The minimum atomic E-state index is -0.0293. The molecule has 2 rings (SSSR count). The fourth-order valence-corrected chi connectivity index (χ4v) is 2.24. The van der Waals surface area contributed by atoms with Crippen LogP contribution in [0.15, 0.2) is 22.7 Å². The molecule has 1 aromatic carbocycles. The Morgan fingerprint density at radius 2 is 2.38 bits per heavy atom. The Morgan fingerprint density at radius 3 is 3.06 bits per heavy atom. The zero-order chi connectivity index (χ0) is 11.5. The molecule has 1 amide bonds. The molecule has 1 unspecified atom stereocenters. The summed E-state index contributed by atoms with van der Waals surface area (Å²) in [7, 11) is 0. The molecule has 1 fully saturated rings. The van der Waals surface area contributed by atoms with Gasteiger partial charge in [0.1, 0.15) is 0 Å². The van der Waals surface area contributed by atoms with Crippen LogP contribution in [0.25, 0.3) is 0 Å². The number of halogens is 1. The van der Waals surface area contributed by atoms with Crippen LogP contribution in [0.3, 0.4) is 0 Å². The highest BCUT2D eigenvalue weighted by atomic mass is 79.9. The van der Waals surface area contributed by atoms with Crippen molar-refractivity contribution in [3.8, 4) is 0 Å². The van der Waals surface area contributed by atoms with Gasteiger partial charge in [-0.3, -0.25) is 4.79 Å². The number of carbonyl (C=O) groups excluding carboxylic acids is 1. The second kappa shape index (κ2) is 4.97. The van der Waals surface area contributed by atoms with E-state index in [2.05, 4.69) is 26.6 Å². The smallest absolute Gasteiger partial charge is 0.241 e. The highest BCUT2D eigenvalue weighted by Crippen LogP contribution is 2.23. The highest BCUT2D eigenvalue weighted by Gasteiger charge is 2.22. The Kier molecular flexibility index (Phi) is 3.61. The van der Waals surface area contributed by atoms with E-state index in [0.717, 1.165) is 35.1 Å². The van der Waals surface area contributed by atoms with Crippen molar-refractivity contribution in [1.29, 1.82) is 0 Å². The second-order valence-corrected chi connectivity index (χ2v) is 4.90. The molecule has 0 spiro atoms. The van der Waals surface area contributed by atoms with E-state index < -0.39 is 0 Å². The van der Waals surface area contributed by atoms with Crippen molar-refractivity contribution in [2.45, 2.75) is 25.8 Å². The van der Waals surface area contributed by atoms with Gasteiger partial charge in [0, 0.05) is 10.2 Å². The van der Waals surface area contributed by atoms with E-state index >= 15 is 0 Å². The monoisotopic (exact) mass is 282 g/mol. The van der Waals surface area contributed by atoms with Crippen LogP contribution in [-0.2, 0) is 4.79 Å². The lowest BCUT2D eigenvalue weighted by atomic mass is 10.1. The van der Waals surface area contributed by atoms with E-state index in [0.29, 0.717) is 0 Å². The Hall–Kier alpha value is -0.870. The van der Waals surface area contributed by atoms with Gasteiger partial charge in [0.2, 0.25) is 5.91 Å². The molecule has 1 aliphatic rings. The van der Waals surface area contributed by atoms with Crippen LogP contribution in [0.4, 0.5) is 5.69 Å². The fourth-order valence-electron chi connectivity index (χ4n) is 1.87. The zero-order valence-corrected chi connectivity index (χ0v) is 10.8. The van der Waals surface area contributed by atoms with E-state index in [1.807, 2.05) is 25.1 Å². The summed E-state index contributed by atoms with van der Waals surface area (Å²) in [5, 5.41) is 6.15. The largest absolute Gasteiger partial charge is 0.324 e. The minimum absolute atomic E-state index is 0.0293. The third kappa shape index (κ3) is 2.44. The van der Waals surface area contributed by atoms with Crippen molar-refractivity contribution in [2.75, 3.05) is 11.9 Å². The normalized spacial score (nSPS) is 19.8. The molecule has 2 N–H and O–H groups in total. The van der Waals surface area contributed by atoms with E-state index in [1.165, 1.54) is 0 Å². The van der Waals surface area contributed by atoms with Gasteiger partial charge in [0.25, 0.3) is 0 Å². The number of hydrogen-bond donors (Lipinski definition) is 2. The Balaban J connectivity index is 2.08.